The molecule has 0 atom stereocenters. The van der Waals surface area contributed by atoms with E-state index in [4.69, 9.17) is 21.7 Å². The summed E-state index contributed by atoms with van der Waals surface area (Å²) < 4.78 is 37.8. The van der Waals surface area contributed by atoms with Gasteiger partial charge in [-0.05, 0) is 42.5 Å². The second-order valence-corrected chi connectivity index (χ2v) is 11.9. The quantitative estimate of drug-likeness (QED) is 0.299. The summed E-state index contributed by atoms with van der Waals surface area (Å²) in [4.78, 5) is 16.8. The average Bonchev–Trinajstić information content (AvgIpc) is 3.34. The number of hydrogen-bond donors (Lipinski definition) is 3. The molecule has 2 fully saturated rings. The molecule has 2 saturated heterocycles. The van der Waals surface area contributed by atoms with Gasteiger partial charge in [0.1, 0.15) is 17.8 Å². The molecule has 0 aliphatic carbocycles. The molecule has 40 heavy (non-hydrogen) atoms. The number of thiocarbonyl (C=S) groups is 1. The summed E-state index contributed by atoms with van der Waals surface area (Å²) in [6.45, 7) is 4.25. The second kappa shape index (κ2) is 10.7. The number of ether oxygens (including phenoxy) is 2. The first-order valence-corrected chi connectivity index (χ1v) is 14.7. The number of aromatic nitrogens is 3. The van der Waals surface area contributed by atoms with Crippen molar-refractivity contribution in [2.24, 2.45) is 0 Å². The van der Waals surface area contributed by atoms with E-state index in [1.54, 1.807) is 36.4 Å². The van der Waals surface area contributed by atoms with E-state index in [0.29, 0.717) is 69.0 Å². The maximum Gasteiger partial charge on any atom is 0.243 e. The molecule has 2 aliphatic heterocycles. The number of benzene rings is 2. The van der Waals surface area contributed by atoms with Crippen LogP contribution in [0.3, 0.4) is 0 Å². The Labute approximate surface area is 236 Å². The lowest BCUT2D eigenvalue weighted by molar-refractivity contribution is 0.0730. The van der Waals surface area contributed by atoms with Crippen LogP contribution in [0, 0.1) is 0 Å². The molecular formula is C26H29N7O5S2. The third-order valence-electron chi connectivity index (χ3n) is 7.25. The fourth-order valence-corrected chi connectivity index (χ4v) is 6.81. The van der Waals surface area contributed by atoms with Crippen molar-refractivity contribution in [3.63, 3.8) is 0 Å². The normalized spacial score (nSPS) is 16.9. The minimum absolute atomic E-state index is 0.0547. The molecule has 4 aromatic rings. The maximum atomic E-state index is 12.9. The van der Waals surface area contributed by atoms with Crippen molar-refractivity contribution < 1.29 is 23.0 Å². The standard InChI is InChI=1S/C26H29N7O5S2/c1-37-22-14-19-20(15-21(22)34)30-24-23(19)25(28-16-27-24)31-6-8-32(9-7-31)26(39)29-17-2-4-18(5-3-17)40(35,36)33-10-12-38-13-11-33/h2-5,14-16,34H,6-13H2,1H3,(H,29,39)(H,27,28,30). The van der Waals surface area contributed by atoms with Crippen LogP contribution in [0.5, 0.6) is 11.5 Å². The smallest absolute Gasteiger partial charge is 0.243 e. The Morgan fingerprint density at radius 1 is 1.07 bits per heavy atom. The first-order chi connectivity index (χ1) is 19.3. The van der Waals surface area contributed by atoms with Crippen molar-refractivity contribution >= 4 is 60.8 Å². The lowest BCUT2D eigenvalue weighted by Crippen LogP contribution is -2.50. The van der Waals surface area contributed by atoms with Crippen molar-refractivity contribution in [1.29, 1.82) is 0 Å². The highest BCUT2D eigenvalue weighted by molar-refractivity contribution is 7.89. The number of methoxy groups -OCH3 is 1. The zero-order valence-electron chi connectivity index (χ0n) is 21.8. The zero-order chi connectivity index (χ0) is 27.9. The predicted octanol–water partition coefficient (Wildman–Crippen LogP) is 2.37. The van der Waals surface area contributed by atoms with Gasteiger partial charge in [-0.3, -0.25) is 0 Å². The number of sulfonamides is 1. The van der Waals surface area contributed by atoms with E-state index in [-0.39, 0.29) is 10.6 Å². The largest absolute Gasteiger partial charge is 0.504 e. The van der Waals surface area contributed by atoms with Gasteiger partial charge in [-0.1, -0.05) is 0 Å². The van der Waals surface area contributed by atoms with Crippen LogP contribution in [-0.4, -0.2) is 102 Å². The van der Waals surface area contributed by atoms with E-state index in [1.165, 1.54) is 17.7 Å². The van der Waals surface area contributed by atoms with E-state index in [2.05, 4.69) is 30.1 Å². The van der Waals surface area contributed by atoms with E-state index >= 15 is 0 Å². The van der Waals surface area contributed by atoms with Gasteiger partial charge in [0.2, 0.25) is 10.0 Å². The number of aromatic amines is 1. The van der Waals surface area contributed by atoms with Crippen LogP contribution in [0.15, 0.2) is 47.6 Å². The Hall–Kier alpha value is -3.72. The summed E-state index contributed by atoms with van der Waals surface area (Å²) in [5.74, 6) is 1.25. The minimum Gasteiger partial charge on any atom is -0.504 e. The van der Waals surface area contributed by atoms with Crippen LogP contribution in [-0.2, 0) is 14.8 Å². The van der Waals surface area contributed by atoms with E-state index < -0.39 is 10.0 Å². The molecule has 3 N–H and O–H groups in total. The number of morpholine rings is 1. The summed E-state index contributed by atoms with van der Waals surface area (Å²) in [5, 5.41) is 15.7. The number of fused-ring (bicyclic) bond motifs is 3. The van der Waals surface area contributed by atoms with Crippen molar-refractivity contribution in [2.75, 3.05) is 69.8 Å². The zero-order valence-corrected chi connectivity index (χ0v) is 23.5. The lowest BCUT2D eigenvalue weighted by Gasteiger charge is -2.37. The summed E-state index contributed by atoms with van der Waals surface area (Å²) in [6.07, 6.45) is 1.53. The number of nitrogens with one attached hydrogen (secondary N) is 2. The Kier molecular flexibility index (Phi) is 7.08. The molecule has 0 amide bonds. The minimum atomic E-state index is -3.55. The third kappa shape index (κ3) is 4.87. The number of H-pyrrole nitrogens is 1. The predicted molar refractivity (Wildman–Crippen MR) is 156 cm³/mol. The molecule has 210 valence electrons. The van der Waals surface area contributed by atoms with Crippen molar-refractivity contribution in [3.05, 3.63) is 42.7 Å². The van der Waals surface area contributed by atoms with Gasteiger partial charge in [0.25, 0.3) is 0 Å². The number of phenolic OH excluding ortho intramolecular Hbond substituents is 1. The van der Waals surface area contributed by atoms with Gasteiger partial charge in [-0.15, -0.1) is 0 Å². The van der Waals surface area contributed by atoms with Crippen LogP contribution >= 0.6 is 12.2 Å². The number of anilines is 2. The highest BCUT2D eigenvalue weighted by Gasteiger charge is 2.27. The number of aromatic hydroxyl groups is 1. The Balaban J connectivity index is 1.13. The SMILES string of the molecule is COc1cc2c(cc1O)[nH]c1ncnc(N3CCN(C(=S)Nc4ccc(S(=O)(=O)N5CCOCC5)cc4)CC3)c12. The van der Waals surface area contributed by atoms with Gasteiger partial charge in [0.05, 0.1) is 36.1 Å². The van der Waals surface area contributed by atoms with Gasteiger partial charge >= 0.3 is 0 Å². The third-order valence-corrected chi connectivity index (χ3v) is 9.52. The van der Waals surface area contributed by atoms with Crippen LogP contribution in [0.1, 0.15) is 0 Å². The van der Waals surface area contributed by atoms with Gasteiger partial charge in [0, 0.05) is 56.4 Å². The molecule has 6 rings (SSSR count). The van der Waals surface area contributed by atoms with Gasteiger partial charge < -0.3 is 34.7 Å². The van der Waals surface area contributed by atoms with Gasteiger partial charge in [-0.25, -0.2) is 18.4 Å². The number of rotatable bonds is 5. The topological polar surface area (TPSA) is 136 Å². The monoisotopic (exact) mass is 583 g/mol. The first kappa shape index (κ1) is 26.5. The van der Waals surface area contributed by atoms with Crippen molar-refractivity contribution in [3.8, 4) is 11.5 Å². The Bertz CT molecular complexity index is 1660. The van der Waals surface area contributed by atoms with Gasteiger partial charge in [0.15, 0.2) is 16.6 Å². The van der Waals surface area contributed by atoms with Crippen LogP contribution in [0.25, 0.3) is 21.9 Å². The number of hydrogen-bond acceptors (Lipinski definition) is 9. The lowest BCUT2D eigenvalue weighted by atomic mass is 10.1. The first-order valence-electron chi connectivity index (χ1n) is 12.9. The summed E-state index contributed by atoms with van der Waals surface area (Å²) in [6, 6.07) is 10.1. The van der Waals surface area contributed by atoms with E-state index in [9.17, 15) is 13.5 Å². The highest BCUT2D eigenvalue weighted by Crippen LogP contribution is 2.37. The summed E-state index contributed by atoms with van der Waals surface area (Å²) in [5.41, 5.74) is 2.16. The van der Waals surface area contributed by atoms with Crippen LogP contribution in [0.4, 0.5) is 11.5 Å². The molecule has 4 heterocycles. The molecule has 2 aliphatic rings. The summed E-state index contributed by atoms with van der Waals surface area (Å²) >= 11 is 5.67. The molecule has 0 bridgehead atoms. The maximum absolute atomic E-state index is 12.9. The van der Waals surface area contributed by atoms with Crippen molar-refractivity contribution in [1.82, 2.24) is 24.2 Å². The average molecular weight is 584 g/mol. The fraction of sp³-hybridized carbons (Fsp3) is 0.346. The molecular weight excluding hydrogens is 554 g/mol. The molecule has 14 heteroatoms. The van der Waals surface area contributed by atoms with Crippen LogP contribution < -0.4 is 15.0 Å². The van der Waals surface area contributed by atoms with E-state index in [0.717, 1.165) is 27.8 Å². The van der Waals surface area contributed by atoms with E-state index in [1.807, 2.05) is 0 Å². The molecule has 0 spiro atoms. The number of piperazine rings is 1. The van der Waals surface area contributed by atoms with Crippen molar-refractivity contribution in [2.45, 2.75) is 4.90 Å². The molecule has 0 unspecified atom stereocenters. The highest BCUT2D eigenvalue weighted by atomic mass is 32.2. The molecule has 2 aromatic heterocycles. The Morgan fingerprint density at radius 3 is 2.50 bits per heavy atom. The van der Waals surface area contributed by atoms with Gasteiger partial charge in [-0.2, -0.15) is 4.31 Å². The molecule has 2 aromatic carbocycles. The molecule has 12 nitrogen and oxygen atoms in total. The fourth-order valence-electron chi connectivity index (χ4n) is 5.10. The number of nitrogens with zero attached hydrogens (tertiary/aromatic N) is 5. The summed E-state index contributed by atoms with van der Waals surface area (Å²) in [7, 11) is -2.03. The molecule has 0 saturated carbocycles. The number of phenols is 1. The Morgan fingerprint density at radius 2 is 1.80 bits per heavy atom. The van der Waals surface area contributed by atoms with Crippen LogP contribution in [0.2, 0.25) is 0 Å². The molecule has 0 radical (unpaired) electrons. The second-order valence-electron chi connectivity index (χ2n) is 9.56.